The third-order valence-corrected chi connectivity index (χ3v) is 3.97. The molecule has 0 N–H and O–H groups in total. The van der Waals surface area contributed by atoms with Gasteiger partial charge in [0.25, 0.3) is 0 Å². The number of nitrogens with zero attached hydrogens (tertiary/aromatic N) is 5. The standard InChI is InChI=1S/C19H15F2N5O/c1-25-17(10-11-22-25)26-19(14-8-5-9-15(20)18(14)21)23-16(24-26)12-27-13-6-3-2-4-7-13/h2-11H,12H2,1H3. The van der Waals surface area contributed by atoms with E-state index >= 15 is 0 Å². The van der Waals surface area contributed by atoms with E-state index in [4.69, 9.17) is 4.74 Å². The van der Waals surface area contributed by atoms with E-state index in [1.54, 1.807) is 24.0 Å². The highest BCUT2D eigenvalue weighted by Crippen LogP contribution is 2.25. The number of hydrogen-bond donors (Lipinski definition) is 0. The molecule has 0 saturated carbocycles. The summed E-state index contributed by atoms with van der Waals surface area (Å²) in [5, 5.41) is 8.51. The molecular weight excluding hydrogens is 352 g/mol. The molecule has 0 radical (unpaired) electrons. The van der Waals surface area contributed by atoms with Gasteiger partial charge in [-0.05, 0) is 24.3 Å². The Bertz CT molecular complexity index is 1070. The summed E-state index contributed by atoms with van der Waals surface area (Å²) in [4.78, 5) is 4.37. The minimum absolute atomic E-state index is 0.00895. The average Bonchev–Trinajstić information content (AvgIpc) is 3.29. The number of hydrogen-bond acceptors (Lipinski definition) is 4. The number of aryl methyl sites for hydroxylation is 1. The Kier molecular flexibility index (Phi) is 4.37. The van der Waals surface area contributed by atoms with E-state index in [1.807, 2.05) is 30.3 Å². The van der Waals surface area contributed by atoms with Gasteiger partial charge in [-0.15, -0.1) is 5.10 Å². The Morgan fingerprint density at radius 3 is 2.56 bits per heavy atom. The van der Waals surface area contributed by atoms with E-state index in [-0.39, 0.29) is 18.0 Å². The van der Waals surface area contributed by atoms with Crippen LogP contribution in [0.2, 0.25) is 0 Å². The van der Waals surface area contributed by atoms with Gasteiger partial charge in [-0.1, -0.05) is 24.3 Å². The van der Waals surface area contributed by atoms with Gasteiger partial charge in [0, 0.05) is 13.1 Å². The van der Waals surface area contributed by atoms with E-state index in [0.717, 1.165) is 6.07 Å². The van der Waals surface area contributed by atoms with Crippen LogP contribution in [-0.4, -0.2) is 24.5 Å². The molecule has 0 saturated heterocycles. The molecule has 6 nitrogen and oxygen atoms in total. The number of halogens is 2. The molecule has 0 atom stereocenters. The average molecular weight is 367 g/mol. The molecule has 0 amide bonds. The number of benzene rings is 2. The largest absolute Gasteiger partial charge is 0.486 e. The predicted octanol–water partition coefficient (Wildman–Crippen LogP) is 3.53. The SMILES string of the molecule is Cn1nccc1-n1nc(COc2ccccc2)nc1-c1cccc(F)c1F. The molecule has 2 aromatic heterocycles. The van der Waals surface area contributed by atoms with Crippen LogP contribution in [0.3, 0.4) is 0 Å². The summed E-state index contributed by atoms with van der Waals surface area (Å²) in [6.45, 7) is 0.0821. The van der Waals surface area contributed by atoms with Crippen LogP contribution in [0.1, 0.15) is 5.82 Å². The lowest BCUT2D eigenvalue weighted by atomic mass is 10.2. The highest BCUT2D eigenvalue weighted by Gasteiger charge is 2.20. The molecule has 0 aliphatic heterocycles. The van der Waals surface area contributed by atoms with Gasteiger partial charge >= 0.3 is 0 Å². The van der Waals surface area contributed by atoms with Gasteiger partial charge in [0.1, 0.15) is 12.4 Å². The minimum Gasteiger partial charge on any atom is -0.486 e. The van der Waals surface area contributed by atoms with Crippen LogP contribution in [-0.2, 0) is 13.7 Å². The van der Waals surface area contributed by atoms with Gasteiger partial charge in [0.05, 0.1) is 11.8 Å². The van der Waals surface area contributed by atoms with Crippen LogP contribution < -0.4 is 4.74 Å². The molecule has 0 bridgehead atoms. The summed E-state index contributed by atoms with van der Waals surface area (Å²) < 4.78 is 36.7. The topological polar surface area (TPSA) is 57.8 Å². The van der Waals surface area contributed by atoms with Gasteiger partial charge in [0.2, 0.25) is 0 Å². The Morgan fingerprint density at radius 2 is 1.81 bits per heavy atom. The lowest BCUT2D eigenvalue weighted by Crippen LogP contribution is -2.07. The molecule has 0 fully saturated rings. The van der Waals surface area contributed by atoms with Gasteiger partial charge < -0.3 is 4.74 Å². The van der Waals surface area contributed by atoms with E-state index in [1.165, 1.54) is 16.8 Å². The first-order chi connectivity index (χ1) is 13.1. The summed E-state index contributed by atoms with van der Waals surface area (Å²) in [6.07, 6.45) is 1.59. The molecule has 0 unspecified atom stereocenters. The number of aromatic nitrogens is 5. The van der Waals surface area contributed by atoms with Gasteiger partial charge in [-0.25, -0.2) is 13.8 Å². The molecule has 0 spiro atoms. The lowest BCUT2D eigenvalue weighted by molar-refractivity contribution is 0.296. The van der Waals surface area contributed by atoms with Crippen molar-refractivity contribution in [3.63, 3.8) is 0 Å². The predicted molar refractivity (Wildman–Crippen MR) is 94.3 cm³/mol. The summed E-state index contributed by atoms with van der Waals surface area (Å²) in [5.41, 5.74) is 0.00895. The molecule has 0 aliphatic rings. The first-order valence-electron chi connectivity index (χ1n) is 8.20. The third kappa shape index (κ3) is 3.29. The van der Waals surface area contributed by atoms with E-state index < -0.39 is 11.6 Å². The second kappa shape index (κ2) is 6.99. The molecule has 0 aliphatic carbocycles. The highest BCUT2D eigenvalue weighted by atomic mass is 19.2. The molecule has 4 aromatic rings. The summed E-state index contributed by atoms with van der Waals surface area (Å²) >= 11 is 0. The van der Waals surface area contributed by atoms with Crippen molar-refractivity contribution in [2.75, 3.05) is 0 Å². The number of ether oxygens (including phenoxy) is 1. The maximum atomic E-state index is 14.4. The van der Waals surface area contributed by atoms with Gasteiger partial charge in [-0.3, -0.25) is 4.68 Å². The van der Waals surface area contributed by atoms with Crippen molar-refractivity contribution >= 4 is 0 Å². The maximum Gasteiger partial charge on any atom is 0.189 e. The molecule has 27 heavy (non-hydrogen) atoms. The van der Waals surface area contributed by atoms with Crippen molar-refractivity contribution in [2.24, 2.45) is 7.05 Å². The quantitative estimate of drug-likeness (QED) is 0.542. The smallest absolute Gasteiger partial charge is 0.189 e. The van der Waals surface area contributed by atoms with Crippen molar-refractivity contribution in [1.82, 2.24) is 24.5 Å². The fourth-order valence-corrected chi connectivity index (χ4v) is 2.67. The van der Waals surface area contributed by atoms with E-state index in [2.05, 4.69) is 15.2 Å². The summed E-state index contributed by atoms with van der Waals surface area (Å²) in [6, 6.07) is 14.9. The second-order valence-corrected chi connectivity index (χ2v) is 5.78. The van der Waals surface area contributed by atoms with Crippen LogP contribution in [0, 0.1) is 11.6 Å². The Labute approximate surface area is 153 Å². The second-order valence-electron chi connectivity index (χ2n) is 5.78. The van der Waals surface area contributed by atoms with E-state index in [0.29, 0.717) is 17.4 Å². The van der Waals surface area contributed by atoms with Crippen molar-refractivity contribution < 1.29 is 13.5 Å². The molecule has 2 aromatic carbocycles. The maximum absolute atomic E-state index is 14.4. The third-order valence-electron chi connectivity index (χ3n) is 3.97. The first-order valence-corrected chi connectivity index (χ1v) is 8.20. The summed E-state index contributed by atoms with van der Waals surface area (Å²) in [7, 11) is 1.73. The Morgan fingerprint density at radius 1 is 1.00 bits per heavy atom. The van der Waals surface area contributed by atoms with Crippen LogP contribution in [0.5, 0.6) is 5.75 Å². The van der Waals surface area contributed by atoms with Crippen LogP contribution in [0.15, 0.2) is 60.8 Å². The van der Waals surface area contributed by atoms with Crippen LogP contribution in [0.25, 0.3) is 17.2 Å². The monoisotopic (exact) mass is 367 g/mol. The van der Waals surface area contributed by atoms with Crippen molar-refractivity contribution in [3.8, 4) is 23.0 Å². The van der Waals surface area contributed by atoms with Crippen molar-refractivity contribution in [3.05, 3.63) is 78.3 Å². The molecule has 4 rings (SSSR count). The molecular formula is C19H15F2N5O. The number of para-hydroxylation sites is 1. The zero-order chi connectivity index (χ0) is 18.8. The minimum atomic E-state index is -0.983. The van der Waals surface area contributed by atoms with Crippen molar-refractivity contribution in [1.29, 1.82) is 0 Å². The zero-order valence-electron chi connectivity index (χ0n) is 14.4. The molecule has 2 heterocycles. The Hall–Kier alpha value is -3.55. The van der Waals surface area contributed by atoms with E-state index in [9.17, 15) is 8.78 Å². The van der Waals surface area contributed by atoms with Crippen molar-refractivity contribution in [2.45, 2.75) is 6.61 Å². The molecule has 8 heteroatoms. The fourth-order valence-electron chi connectivity index (χ4n) is 2.67. The van der Waals surface area contributed by atoms with Crippen LogP contribution >= 0.6 is 0 Å². The normalized spacial score (nSPS) is 10.9. The van der Waals surface area contributed by atoms with Crippen LogP contribution in [0.4, 0.5) is 8.78 Å². The summed E-state index contributed by atoms with van der Waals surface area (Å²) in [5.74, 6) is -0.209. The van der Waals surface area contributed by atoms with Gasteiger partial charge in [0.15, 0.2) is 29.1 Å². The van der Waals surface area contributed by atoms with Gasteiger partial charge in [-0.2, -0.15) is 9.78 Å². The molecule has 136 valence electrons. The Balaban J connectivity index is 1.76. The first kappa shape index (κ1) is 16.9. The zero-order valence-corrected chi connectivity index (χ0v) is 14.4. The lowest BCUT2D eigenvalue weighted by Gasteiger charge is -2.07. The number of rotatable bonds is 5. The fraction of sp³-hybridized carbons (Fsp3) is 0.105. The highest BCUT2D eigenvalue weighted by molar-refractivity contribution is 5.58.